The molecule has 0 aromatic carbocycles. The van der Waals surface area contributed by atoms with Gasteiger partial charge in [-0.1, -0.05) is 6.07 Å². The van der Waals surface area contributed by atoms with Crippen molar-refractivity contribution in [1.29, 1.82) is 0 Å². The standard InChI is InChI=1S/C16H23N3O/c1-2-20-16-6-3-11(7-18-16)10-19-14-4-5-15(19)13-9-17-8-12(13)14/h3,6-7,12-15,17H,2,4-5,8-10H2,1H3. The Bertz CT molecular complexity index is 457. The molecule has 3 aliphatic heterocycles. The second-order valence-corrected chi connectivity index (χ2v) is 6.31. The largest absolute Gasteiger partial charge is 0.478 e. The highest BCUT2D eigenvalue weighted by molar-refractivity contribution is 5.19. The average Bonchev–Trinajstić information content (AvgIpc) is 3.14. The summed E-state index contributed by atoms with van der Waals surface area (Å²) in [6.45, 7) is 6.18. The molecule has 0 radical (unpaired) electrons. The van der Waals surface area contributed by atoms with Crippen LogP contribution in [0.15, 0.2) is 18.3 Å². The van der Waals surface area contributed by atoms with Gasteiger partial charge < -0.3 is 10.1 Å². The highest BCUT2D eigenvalue weighted by atomic mass is 16.5. The summed E-state index contributed by atoms with van der Waals surface area (Å²) in [6.07, 6.45) is 4.76. The molecule has 3 fully saturated rings. The van der Waals surface area contributed by atoms with E-state index in [1.165, 1.54) is 31.5 Å². The van der Waals surface area contributed by atoms with E-state index < -0.39 is 0 Å². The van der Waals surface area contributed by atoms with Crippen LogP contribution in [0.1, 0.15) is 25.3 Å². The Kier molecular flexibility index (Phi) is 3.15. The third-order valence-electron chi connectivity index (χ3n) is 5.36. The Morgan fingerprint density at radius 2 is 2.00 bits per heavy atom. The van der Waals surface area contributed by atoms with Crippen LogP contribution >= 0.6 is 0 Å². The number of rotatable bonds is 4. The number of nitrogens with zero attached hydrogens (tertiary/aromatic N) is 2. The van der Waals surface area contributed by atoms with Gasteiger partial charge in [0.1, 0.15) is 0 Å². The summed E-state index contributed by atoms with van der Waals surface area (Å²) in [5.74, 6) is 2.52. The summed E-state index contributed by atoms with van der Waals surface area (Å²) >= 11 is 0. The zero-order valence-electron chi connectivity index (χ0n) is 12.1. The molecule has 4 heterocycles. The number of fused-ring (bicyclic) bond motifs is 5. The molecule has 1 N–H and O–H groups in total. The molecule has 1 aromatic rings. The number of ether oxygens (including phenoxy) is 1. The SMILES string of the molecule is CCOc1ccc(CN2C3CCC2C2CNCC23)cn1. The van der Waals surface area contributed by atoms with Gasteiger partial charge >= 0.3 is 0 Å². The maximum atomic E-state index is 5.41. The monoisotopic (exact) mass is 273 g/mol. The van der Waals surface area contributed by atoms with E-state index in [1.54, 1.807) is 0 Å². The first-order chi connectivity index (χ1) is 9.86. The normalized spacial score (nSPS) is 35.5. The second-order valence-electron chi connectivity index (χ2n) is 6.31. The Morgan fingerprint density at radius 1 is 1.25 bits per heavy atom. The van der Waals surface area contributed by atoms with Gasteiger partial charge in [-0.15, -0.1) is 0 Å². The molecule has 0 saturated carbocycles. The first kappa shape index (κ1) is 12.6. The van der Waals surface area contributed by atoms with E-state index in [0.29, 0.717) is 6.61 Å². The first-order valence-corrected chi connectivity index (χ1v) is 7.91. The van der Waals surface area contributed by atoms with Crippen molar-refractivity contribution in [2.45, 2.75) is 38.4 Å². The zero-order chi connectivity index (χ0) is 13.5. The van der Waals surface area contributed by atoms with Crippen LogP contribution in [0.4, 0.5) is 0 Å². The fraction of sp³-hybridized carbons (Fsp3) is 0.688. The third kappa shape index (κ3) is 1.93. The topological polar surface area (TPSA) is 37.4 Å². The number of aromatic nitrogens is 1. The Balaban J connectivity index is 1.47. The molecule has 4 unspecified atom stereocenters. The maximum Gasteiger partial charge on any atom is 0.213 e. The van der Waals surface area contributed by atoms with Crippen molar-refractivity contribution in [2.24, 2.45) is 11.8 Å². The van der Waals surface area contributed by atoms with Crippen molar-refractivity contribution in [3.63, 3.8) is 0 Å². The van der Waals surface area contributed by atoms with Crippen molar-refractivity contribution in [3.05, 3.63) is 23.9 Å². The van der Waals surface area contributed by atoms with Crippen molar-refractivity contribution < 1.29 is 4.74 Å². The quantitative estimate of drug-likeness (QED) is 0.905. The third-order valence-corrected chi connectivity index (χ3v) is 5.36. The molecule has 2 bridgehead atoms. The van der Waals surface area contributed by atoms with Gasteiger partial charge in [0, 0.05) is 30.9 Å². The van der Waals surface area contributed by atoms with Crippen LogP contribution in [0.3, 0.4) is 0 Å². The van der Waals surface area contributed by atoms with Gasteiger partial charge in [0.05, 0.1) is 6.61 Å². The molecule has 0 amide bonds. The lowest BCUT2D eigenvalue weighted by Gasteiger charge is -2.24. The van der Waals surface area contributed by atoms with E-state index in [4.69, 9.17) is 4.74 Å². The summed E-state index contributed by atoms with van der Waals surface area (Å²) in [5.41, 5.74) is 1.32. The second kappa shape index (κ2) is 5.01. The van der Waals surface area contributed by atoms with Gasteiger partial charge in [-0.25, -0.2) is 4.98 Å². The van der Waals surface area contributed by atoms with Gasteiger partial charge in [0.15, 0.2) is 0 Å². The molecule has 4 atom stereocenters. The van der Waals surface area contributed by atoms with Gasteiger partial charge in [-0.05, 0) is 50.3 Å². The molecule has 4 rings (SSSR count). The van der Waals surface area contributed by atoms with Crippen molar-refractivity contribution in [2.75, 3.05) is 19.7 Å². The first-order valence-electron chi connectivity index (χ1n) is 7.91. The minimum Gasteiger partial charge on any atom is -0.478 e. The van der Waals surface area contributed by atoms with Gasteiger partial charge in [0.2, 0.25) is 5.88 Å². The summed E-state index contributed by atoms with van der Waals surface area (Å²) in [5, 5.41) is 3.58. The Labute approximate surface area is 120 Å². The minimum atomic E-state index is 0.680. The number of hydrogen-bond acceptors (Lipinski definition) is 4. The summed E-state index contributed by atoms with van der Waals surface area (Å²) in [4.78, 5) is 7.14. The number of pyridine rings is 1. The van der Waals surface area contributed by atoms with Crippen LogP contribution in [-0.2, 0) is 6.54 Å². The maximum absolute atomic E-state index is 5.41. The Morgan fingerprint density at radius 3 is 2.60 bits per heavy atom. The highest BCUT2D eigenvalue weighted by Gasteiger charge is 2.54. The zero-order valence-corrected chi connectivity index (χ0v) is 12.1. The molecule has 108 valence electrons. The molecule has 3 saturated heterocycles. The van der Waals surface area contributed by atoms with E-state index in [2.05, 4.69) is 21.3 Å². The summed E-state index contributed by atoms with van der Waals surface area (Å²) in [7, 11) is 0. The number of hydrogen-bond donors (Lipinski definition) is 1. The lowest BCUT2D eigenvalue weighted by molar-refractivity contribution is 0.218. The molecule has 0 spiro atoms. The van der Waals surface area contributed by atoms with E-state index in [0.717, 1.165) is 36.3 Å². The molecule has 20 heavy (non-hydrogen) atoms. The lowest BCUT2D eigenvalue weighted by Crippen LogP contribution is -2.33. The predicted molar refractivity (Wildman–Crippen MR) is 77.6 cm³/mol. The van der Waals surface area contributed by atoms with Crippen molar-refractivity contribution in [1.82, 2.24) is 15.2 Å². The van der Waals surface area contributed by atoms with Gasteiger partial charge in [-0.2, -0.15) is 0 Å². The summed E-state index contributed by atoms with van der Waals surface area (Å²) < 4.78 is 5.41. The fourth-order valence-corrected chi connectivity index (χ4v) is 4.58. The van der Waals surface area contributed by atoms with Crippen LogP contribution in [0.25, 0.3) is 0 Å². The average molecular weight is 273 g/mol. The molecular formula is C16H23N3O. The van der Waals surface area contributed by atoms with Crippen LogP contribution in [0, 0.1) is 11.8 Å². The van der Waals surface area contributed by atoms with Crippen LogP contribution in [0.5, 0.6) is 5.88 Å². The highest BCUT2D eigenvalue weighted by Crippen LogP contribution is 2.47. The van der Waals surface area contributed by atoms with Crippen LogP contribution in [0.2, 0.25) is 0 Å². The molecular weight excluding hydrogens is 250 g/mol. The smallest absolute Gasteiger partial charge is 0.213 e. The lowest BCUT2D eigenvalue weighted by atomic mass is 9.82. The van der Waals surface area contributed by atoms with Gasteiger partial charge in [0.25, 0.3) is 0 Å². The molecule has 3 aliphatic rings. The Hall–Kier alpha value is -1.13. The van der Waals surface area contributed by atoms with Crippen molar-refractivity contribution >= 4 is 0 Å². The van der Waals surface area contributed by atoms with Crippen LogP contribution < -0.4 is 10.1 Å². The summed E-state index contributed by atoms with van der Waals surface area (Å²) in [6, 6.07) is 5.77. The molecule has 0 aliphatic carbocycles. The fourth-order valence-electron chi connectivity index (χ4n) is 4.58. The van der Waals surface area contributed by atoms with E-state index >= 15 is 0 Å². The van der Waals surface area contributed by atoms with Crippen LogP contribution in [-0.4, -0.2) is 41.7 Å². The minimum absolute atomic E-state index is 0.680. The molecule has 4 nitrogen and oxygen atoms in total. The van der Waals surface area contributed by atoms with E-state index in [-0.39, 0.29) is 0 Å². The number of nitrogens with one attached hydrogen (secondary N) is 1. The van der Waals surface area contributed by atoms with E-state index in [9.17, 15) is 0 Å². The van der Waals surface area contributed by atoms with Gasteiger partial charge in [-0.3, -0.25) is 4.90 Å². The molecule has 1 aromatic heterocycles. The predicted octanol–water partition coefficient (Wildman–Crippen LogP) is 1.66. The van der Waals surface area contributed by atoms with E-state index in [1.807, 2.05) is 19.2 Å². The van der Waals surface area contributed by atoms with Crippen molar-refractivity contribution in [3.8, 4) is 5.88 Å². The molecule has 4 heteroatoms.